The number of rotatable bonds is 13. The lowest BCUT2D eigenvalue weighted by atomic mass is 10.1. The second-order valence-corrected chi connectivity index (χ2v) is 8.89. The summed E-state index contributed by atoms with van der Waals surface area (Å²) in [4.78, 5) is 44.4. The molecule has 42 heavy (non-hydrogen) atoms. The summed E-state index contributed by atoms with van der Waals surface area (Å²) in [6.07, 6.45) is 3.83. The van der Waals surface area contributed by atoms with Crippen LogP contribution in [0, 0.1) is 0 Å². The van der Waals surface area contributed by atoms with Crippen LogP contribution in [0.15, 0.2) is 96.5 Å². The molecule has 4 rings (SSSR count). The lowest BCUT2D eigenvalue weighted by molar-refractivity contribution is -0.123. The number of anilines is 1. The molecule has 0 aliphatic rings. The first kappa shape index (κ1) is 29.3. The maximum Gasteiger partial charge on any atom is 0.408 e. The minimum Gasteiger partial charge on any atom is -0.493 e. The van der Waals surface area contributed by atoms with Crippen LogP contribution in [0.2, 0.25) is 0 Å². The maximum atomic E-state index is 12.9. The number of para-hydroxylation sites is 1. The fraction of sp³-hybridized carbons (Fsp3) is 0.167. The van der Waals surface area contributed by atoms with Crippen molar-refractivity contribution in [3.05, 3.63) is 108 Å². The van der Waals surface area contributed by atoms with Crippen molar-refractivity contribution < 1.29 is 28.6 Å². The Balaban J connectivity index is 1.32. The Bertz CT molecular complexity index is 1480. The van der Waals surface area contributed by atoms with Gasteiger partial charge in [-0.05, 0) is 41.5 Å². The number of hydrazone groups is 1. The number of carbonyl (C=O) groups excluding carboxylic acids is 3. The predicted octanol–water partition coefficient (Wildman–Crippen LogP) is 3.42. The standard InChI is InChI=1S/C30H30N6O6/c1-40-27-14-22(12-13-26(27)41-19-28(37)34-23-10-6-3-7-11-23)16-33-36-29(38)25(15-24-17-31-20-32-24)35-30(39)42-18-21-8-4-2-5-9-21/h2-14,16-17,20,25H,15,18-19H2,1H3,(H,31,32)(H,34,37)(H,35,39)(H,36,38)/b33-16-/t25-/m0/s1. The Morgan fingerprint density at radius 3 is 2.48 bits per heavy atom. The number of nitrogens with zero attached hydrogens (tertiary/aromatic N) is 2. The van der Waals surface area contributed by atoms with E-state index in [0.717, 1.165) is 5.56 Å². The Morgan fingerprint density at radius 1 is 1.00 bits per heavy atom. The summed E-state index contributed by atoms with van der Waals surface area (Å²) in [6.45, 7) is -0.157. The number of alkyl carbamates (subject to hydrolysis) is 1. The van der Waals surface area contributed by atoms with Crippen LogP contribution in [0.5, 0.6) is 11.5 Å². The van der Waals surface area contributed by atoms with Crippen LogP contribution in [-0.4, -0.2) is 53.8 Å². The van der Waals surface area contributed by atoms with Crippen LogP contribution in [-0.2, 0) is 27.4 Å². The zero-order valence-corrected chi connectivity index (χ0v) is 22.8. The first-order valence-corrected chi connectivity index (χ1v) is 12.9. The Kier molecular flexibility index (Phi) is 10.6. The first-order chi connectivity index (χ1) is 20.5. The third-order valence-corrected chi connectivity index (χ3v) is 5.79. The summed E-state index contributed by atoms with van der Waals surface area (Å²) in [6, 6.07) is 22.2. The third-order valence-electron chi connectivity index (χ3n) is 5.79. The number of hydrogen-bond acceptors (Lipinski definition) is 8. The highest BCUT2D eigenvalue weighted by Crippen LogP contribution is 2.27. The molecule has 12 heteroatoms. The molecule has 3 aromatic carbocycles. The van der Waals surface area contributed by atoms with Gasteiger partial charge in [0.1, 0.15) is 12.6 Å². The molecule has 0 aliphatic heterocycles. The molecule has 1 heterocycles. The van der Waals surface area contributed by atoms with Crippen molar-refractivity contribution in [2.24, 2.45) is 5.10 Å². The van der Waals surface area contributed by atoms with Gasteiger partial charge in [-0.15, -0.1) is 0 Å². The van der Waals surface area contributed by atoms with Crippen molar-refractivity contribution in [3.8, 4) is 11.5 Å². The van der Waals surface area contributed by atoms with Gasteiger partial charge in [-0.1, -0.05) is 48.5 Å². The molecular formula is C30H30N6O6. The van der Waals surface area contributed by atoms with E-state index in [4.69, 9.17) is 14.2 Å². The van der Waals surface area contributed by atoms with E-state index in [2.05, 4.69) is 31.1 Å². The molecule has 12 nitrogen and oxygen atoms in total. The van der Waals surface area contributed by atoms with Gasteiger partial charge >= 0.3 is 6.09 Å². The number of ether oxygens (including phenoxy) is 3. The number of imidazole rings is 1. The molecule has 0 saturated carbocycles. The van der Waals surface area contributed by atoms with Crippen LogP contribution in [0.4, 0.5) is 10.5 Å². The number of nitrogens with one attached hydrogen (secondary N) is 4. The van der Waals surface area contributed by atoms with Crippen LogP contribution >= 0.6 is 0 Å². The molecule has 3 amide bonds. The highest BCUT2D eigenvalue weighted by Gasteiger charge is 2.22. The number of hydrogen-bond donors (Lipinski definition) is 4. The van der Waals surface area contributed by atoms with Gasteiger partial charge in [-0.3, -0.25) is 9.59 Å². The van der Waals surface area contributed by atoms with Gasteiger partial charge in [0.25, 0.3) is 11.8 Å². The normalized spacial score (nSPS) is 11.4. The van der Waals surface area contributed by atoms with Crippen molar-refractivity contribution in [2.75, 3.05) is 19.0 Å². The van der Waals surface area contributed by atoms with Crippen molar-refractivity contribution in [1.82, 2.24) is 20.7 Å². The molecule has 0 saturated heterocycles. The molecule has 0 bridgehead atoms. The fourth-order valence-electron chi connectivity index (χ4n) is 3.73. The van der Waals surface area contributed by atoms with Gasteiger partial charge in [0.2, 0.25) is 0 Å². The molecule has 1 atom stereocenters. The van der Waals surface area contributed by atoms with E-state index < -0.39 is 18.0 Å². The minimum absolute atomic E-state index is 0.0580. The summed E-state index contributed by atoms with van der Waals surface area (Å²) < 4.78 is 16.3. The van der Waals surface area contributed by atoms with Gasteiger partial charge in [0, 0.05) is 24.0 Å². The highest BCUT2D eigenvalue weighted by molar-refractivity contribution is 5.92. The van der Waals surface area contributed by atoms with Crippen LogP contribution in [0.25, 0.3) is 0 Å². The number of carbonyl (C=O) groups is 3. The van der Waals surface area contributed by atoms with E-state index in [1.807, 2.05) is 48.5 Å². The number of benzene rings is 3. The van der Waals surface area contributed by atoms with E-state index in [-0.39, 0.29) is 25.5 Å². The summed E-state index contributed by atoms with van der Waals surface area (Å²) in [7, 11) is 1.47. The minimum atomic E-state index is -0.988. The lowest BCUT2D eigenvalue weighted by Crippen LogP contribution is -2.47. The average Bonchev–Trinajstić information content (AvgIpc) is 3.53. The molecule has 216 valence electrons. The summed E-state index contributed by atoms with van der Waals surface area (Å²) in [5.41, 5.74) is 5.15. The quantitative estimate of drug-likeness (QED) is 0.142. The predicted molar refractivity (Wildman–Crippen MR) is 155 cm³/mol. The van der Waals surface area contributed by atoms with Crippen LogP contribution in [0.3, 0.4) is 0 Å². The van der Waals surface area contributed by atoms with Crippen LogP contribution in [0.1, 0.15) is 16.8 Å². The van der Waals surface area contributed by atoms with E-state index in [0.29, 0.717) is 28.4 Å². The number of H-pyrrole nitrogens is 1. The molecule has 1 aromatic heterocycles. The van der Waals surface area contributed by atoms with E-state index >= 15 is 0 Å². The Morgan fingerprint density at radius 2 is 1.76 bits per heavy atom. The Labute approximate surface area is 242 Å². The number of methoxy groups -OCH3 is 1. The van der Waals surface area contributed by atoms with E-state index in [1.165, 1.54) is 19.7 Å². The first-order valence-electron chi connectivity index (χ1n) is 12.9. The topological polar surface area (TPSA) is 156 Å². The summed E-state index contributed by atoms with van der Waals surface area (Å²) in [5.74, 6) is -0.148. The molecule has 0 radical (unpaired) electrons. The highest BCUT2D eigenvalue weighted by atomic mass is 16.5. The van der Waals surface area contributed by atoms with Gasteiger partial charge < -0.3 is 29.8 Å². The third kappa shape index (κ3) is 9.23. The van der Waals surface area contributed by atoms with Crippen molar-refractivity contribution in [3.63, 3.8) is 0 Å². The number of amides is 3. The van der Waals surface area contributed by atoms with E-state index in [1.54, 1.807) is 36.5 Å². The molecule has 0 fully saturated rings. The van der Waals surface area contributed by atoms with Gasteiger partial charge in [-0.2, -0.15) is 5.10 Å². The second kappa shape index (κ2) is 15.2. The van der Waals surface area contributed by atoms with Crippen molar-refractivity contribution in [2.45, 2.75) is 19.1 Å². The zero-order chi connectivity index (χ0) is 29.6. The maximum absolute atomic E-state index is 12.9. The Hall–Kier alpha value is -5.65. The smallest absolute Gasteiger partial charge is 0.408 e. The molecule has 0 unspecified atom stereocenters. The van der Waals surface area contributed by atoms with Gasteiger partial charge in [-0.25, -0.2) is 15.2 Å². The van der Waals surface area contributed by atoms with Gasteiger partial charge in [0.15, 0.2) is 18.1 Å². The molecule has 4 N–H and O–H groups in total. The molecule has 0 spiro atoms. The van der Waals surface area contributed by atoms with Gasteiger partial charge in [0.05, 0.1) is 19.7 Å². The summed E-state index contributed by atoms with van der Waals surface area (Å²) in [5, 5.41) is 9.33. The average molecular weight is 571 g/mol. The SMILES string of the molecule is COc1cc(/C=N\NC(=O)[C@H](Cc2cnc[nH]2)NC(=O)OCc2ccccc2)ccc1OCC(=O)Nc1ccccc1. The molecule has 0 aliphatic carbocycles. The zero-order valence-electron chi connectivity index (χ0n) is 22.8. The second-order valence-electron chi connectivity index (χ2n) is 8.89. The largest absolute Gasteiger partial charge is 0.493 e. The monoisotopic (exact) mass is 570 g/mol. The molecular weight excluding hydrogens is 540 g/mol. The van der Waals surface area contributed by atoms with E-state index in [9.17, 15) is 14.4 Å². The number of aromatic amines is 1. The van der Waals surface area contributed by atoms with Crippen LogP contribution < -0.4 is 25.5 Å². The lowest BCUT2D eigenvalue weighted by Gasteiger charge is -2.16. The summed E-state index contributed by atoms with van der Waals surface area (Å²) >= 11 is 0. The number of aromatic nitrogens is 2. The van der Waals surface area contributed by atoms with Crippen molar-refractivity contribution in [1.29, 1.82) is 0 Å². The fourth-order valence-corrected chi connectivity index (χ4v) is 3.73. The van der Waals surface area contributed by atoms with Crippen molar-refractivity contribution >= 4 is 29.8 Å². The molecule has 4 aromatic rings.